The lowest BCUT2D eigenvalue weighted by atomic mass is 9.80. The lowest BCUT2D eigenvalue weighted by Gasteiger charge is -2.52. The van der Waals surface area contributed by atoms with Gasteiger partial charge in [0, 0.05) is 26.2 Å². The average molecular weight is 470 g/mol. The van der Waals surface area contributed by atoms with Gasteiger partial charge in [-0.15, -0.1) is 0 Å². The maximum absolute atomic E-state index is 13.6. The molecule has 3 saturated heterocycles. The molecule has 0 aliphatic carbocycles. The van der Waals surface area contributed by atoms with Crippen LogP contribution < -0.4 is 5.32 Å². The summed E-state index contributed by atoms with van der Waals surface area (Å²) in [6.07, 6.45) is 8.97. The summed E-state index contributed by atoms with van der Waals surface area (Å²) in [4.78, 5) is 31.4. The first kappa shape index (κ1) is 25.2. The molecule has 188 valence electrons. The number of piperidine rings is 1. The number of carbonyl (C=O) groups is 2. The molecule has 4 rings (SSSR count). The quantitative estimate of drug-likeness (QED) is 0.530. The number of hydrogen-bond donors (Lipinski definition) is 1. The summed E-state index contributed by atoms with van der Waals surface area (Å²) in [7, 11) is 0. The first-order valence-corrected chi connectivity index (χ1v) is 13.5. The van der Waals surface area contributed by atoms with Gasteiger partial charge in [0.15, 0.2) is 0 Å². The number of ether oxygens (including phenoxy) is 1. The normalized spacial score (nSPS) is 25.3. The predicted octanol–water partition coefficient (Wildman–Crippen LogP) is 3.79. The molecule has 2 atom stereocenters. The lowest BCUT2D eigenvalue weighted by Crippen LogP contribution is -2.73. The van der Waals surface area contributed by atoms with Crippen molar-refractivity contribution in [3.63, 3.8) is 0 Å². The molecule has 2 unspecified atom stereocenters. The van der Waals surface area contributed by atoms with Gasteiger partial charge in [0.1, 0.15) is 11.6 Å². The molecule has 0 aromatic heterocycles. The van der Waals surface area contributed by atoms with Gasteiger partial charge in [-0.25, -0.2) is 0 Å². The lowest BCUT2D eigenvalue weighted by molar-refractivity contribution is -0.163. The van der Waals surface area contributed by atoms with Gasteiger partial charge in [0.05, 0.1) is 6.10 Å². The maximum Gasteiger partial charge on any atom is 0.246 e. The molecule has 3 heterocycles. The monoisotopic (exact) mass is 469 g/mol. The Morgan fingerprint density at radius 1 is 1.09 bits per heavy atom. The number of nitrogens with zero attached hydrogens (tertiary/aromatic N) is 2. The Labute approximate surface area is 205 Å². The largest absolute Gasteiger partial charge is 0.376 e. The maximum atomic E-state index is 13.6. The average Bonchev–Trinajstić information content (AvgIpc) is 3.35. The zero-order valence-corrected chi connectivity index (χ0v) is 21.1. The molecular formula is C28H43N3O3. The van der Waals surface area contributed by atoms with E-state index in [-0.39, 0.29) is 17.9 Å². The summed E-state index contributed by atoms with van der Waals surface area (Å²) in [6.45, 7) is 8.34. The number of nitrogens with one attached hydrogen (secondary N) is 1. The molecule has 3 aliphatic heterocycles. The molecule has 0 saturated carbocycles. The van der Waals surface area contributed by atoms with Crippen molar-refractivity contribution in [3.8, 4) is 0 Å². The van der Waals surface area contributed by atoms with Crippen LogP contribution in [0.5, 0.6) is 0 Å². The number of hydrogen-bond acceptors (Lipinski definition) is 4. The van der Waals surface area contributed by atoms with Gasteiger partial charge in [-0.2, -0.15) is 0 Å². The van der Waals surface area contributed by atoms with Gasteiger partial charge in [-0.3, -0.25) is 9.59 Å². The van der Waals surface area contributed by atoms with E-state index >= 15 is 0 Å². The van der Waals surface area contributed by atoms with Crippen molar-refractivity contribution in [3.05, 3.63) is 35.9 Å². The second kappa shape index (κ2) is 11.7. The number of carbonyl (C=O) groups excluding carboxylic acids is 2. The third-order valence-corrected chi connectivity index (χ3v) is 7.89. The van der Waals surface area contributed by atoms with Crippen molar-refractivity contribution < 1.29 is 14.3 Å². The van der Waals surface area contributed by atoms with Crippen LogP contribution >= 0.6 is 0 Å². The fourth-order valence-corrected chi connectivity index (χ4v) is 5.89. The Morgan fingerprint density at radius 2 is 1.85 bits per heavy atom. The fraction of sp³-hybridized carbons (Fsp3) is 0.714. The third kappa shape index (κ3) is 6.01. The Balaban J connectivity index is 1.31. The summed E-state index contributed by atoms with van der Waals surface area (Å²) in [5.41, 5.74) is 0.706. The van der Waals surface area contributed by atoms with Gasteiger partial charge >= 0.3 is 0 Å². The molecule has 34 heavy (non-hydrogen) atoms. The van der Waals surface area contributed by atoms with E-state index < -0.39 is 11.6 Å². The molecule has 2 amide bonds. The first-order chi connectivity index (χ1) is 16.5. The zero-order valence-electron chi connectivity index (χ0n) is 21.1. The van der Waals surface area contributed by atoms with E-state index in [0.717, 1.165) is 58.3 Å². The minimum Gasteiger partial charge on any atom is -0.376 e. The topological polar surface area (TPSA) is 61.9 Å². The van der Waals surface area contributed by atoms with E-state index in [4.69, 9.17) is 4.74 Å². The van der Waals surface area contributed by atoms with Crippen LogP contribution in [0, 0.1) is 5.92 Å². The van der Waals surface area contributed by atoms with E-state index in [1.807, 2.05) is 4.90 Å². The molecule has 3 fully saturated rings. The van der Waals surface area contributed by atoms with E-state index in [1.54, 1.807) is 0 Å². The molecule has 1 N–H and O–H groups in total. The SMILES string of the molecule is CC(C)CC1NC(=O)C2(CCN(CCCCCc3ccccc3)CC2)N(CC2CCCO2)C1=O. The number of amides is 2. The standard InChI is InChI=1S/C28H43N3O3/c1-22(2)20-25-26(32)31(21-24-13-9-19-34-24)28(27(33)29-25)14-17-30(18-15-28)16-8-4-7-12-23-10-5-3-6-11-23/h3,5-6,10-11,22,24-25H,4,7-9,12-21H2,1-2H3,(H,29,33). The van der Waals surface area contributed by atoms with Crippen molar-refractivity contribution in [2.24, 2.45) is 5.92 Å². The first-order valence-electron chi connectivity index (χ1n) is 13.5. The molecule has 6 nitrogen and oxygen atoms in total. The number of benzene rings is 1. The highest BCUT2D eigenvalue weighted by molar-refractivity contribution is 6.00. The summed E-state index contributed by atoms with van der Waals surface area (Å²) in [6, 6.07) is 10.3. The van der Waals surface area contributed by atoms with Gasteiger partial charge in [0.2, 0.25) is 11.8 Å². The second-order valence-electron chi connectivity index (χ2n) is 10.9. The molecule has 1 spiro atoms. The van der Waals surface area contributed by atoms with E-state index in [1.165, 1.54) is 24.8 Å². The van der Waals surface area contributed by atoms with Crippen LogP contribution in [0.4, 0.5) is 0 Å². The highest BCUT2D eigenvalue weighted by atomic mass is 16.5. The zero-order chi connectivity index (χ0) is 24.0. The second-order valence-corrected chi connectivity index (χ2v) is 10.9. The number of aryl methyl sites for hydroxylation is 1. The number of rotatable bonds is 10. The molecule has 0 radical (unpaired) electrons. The van der Waals surface area contributed by atoms with E-state index in [9.17, 15) is 9.59 Å². The number of piperazine rings is 1. The minimum atomic E-state index is -0.708. The number of likely N-dealkylation sites (tertiary alicyclic amines) is 1. The Hall–Kier alpha value is -1.92. The highest BCUT2D eigenvalue weighted by Crippen LogP contribution is 2.35. The van der Waals surface area contributed by atoms with Crippen LogP contribution in [-0.2, 0) is 20.7 Å². The molecule has 3 aliphatic rings. The van der Waals surface area contributed by atoms with E-state index in [0.29, 0.717) is 18.9 Å². The Morgan fingerprint density at radius 3 is 2.53 bits per heavy atom. The van der Waals surface area contributed by atoms with Gasteiger partial charge < -0.3 is 19.9 Å². The van der Waals surface area contributed by atoms with Gasteiger partial charge in [0.25, 0.3) is 0 Å². The van der Waals surface area contributed by atoms with Crippen molar-refractivity contribution in [1.29, 1.82) is 0 Å². The van der Waals surface area contributed by atoms with Crippen LogP contribution in [0.15, 0.2) is 30.3 Å². The highest BCUT2D eigenvalue weighted by Gasteiger charge is 2.54. The van der Waals surface area contributed by atoms with Crippen molar-refractivity contribution in [2.45, 2.75) is 89.3 Å². The van der Waals surface area contributed by atoms with Gasteiger partial charge in [-0.1, -0.05) is 50.6 Å². The summed E-state index contributed by atoms with van der Waals surface area (Å²) < 4.78 is 5.88. The fourth-order valence-electron chi connectivity index (χ4n) is 5.89. The Bertz CT molecular complexity index is 798. The van der Waals surface area contributed by atoms with Crippen molar-refractivity contribution in [1.82, 2.24) is 15.1 Å². The van der Waals surface area contributed by atoms with Crippen LogP contribution in [0.3, 0.4) is 0 Å². The van der Waals surface area contributed by atoms with E-state index in [2.05, 4.69) is 54.4 Å². The molecule has 0 bridgehead atoms. The predicted molar refractivity (Wildman–Crippen MR) is 134 cm³/mol. The van der Waals surface area contributed by atoms with Crippen LogP contribution in [-0.4, -0.2) is 72.1 Å². The smallest absolute Gasteiger partial charge is 0.246 e. The molecule has 1 aromatic carbocycles. The van der Waals surface area contributed by atoms with Crippen LogP contribution in [0.2, 0.25) is 0 Å². The molecular weight excluding hydrogens is 426 g/mol. The minimum absolute atomic E-state index is 0.0539. The van der Waals surface area contributed by atoms with Crippen LogP contribution in [0.25, 0.3) is 0 Å². The van der Waals surface area contributed by atoms with Gasteiger partial charge in [-0.05, 0) is 69.4 Å². The van der Waals surface area contributed by atoms with Crippen molar-refractivity contribution in [2.75, 3.05) is 32.8 Å². The summed E-state index contributed by atoms with van der Waals surface area (Å²) in [5, 5.41) is 3.11. The molecule has 6 heteroatoms. The third-order valence-electron chi connectivity index (χ3n) is 7.89. The van der Waals surface area contributed by atoms with Crippen molar-refractivity contribution >= 4 is 11.8 Å². The van der Waals surface area contributed by atoms with Crippen LogP contribution in [0.1, 0.15) is 70.8 Å². The Kier molecular flexibility index (Phi) is 8.65. The summed E-state index contributed by atoms with van der Waals surface area (Å²) in [5.74, 6) is 0.507. The number of unbranched alkanes of at least 4 members (excludes halogenated alkanes) is 2. The summed E-state index contributed by atoms with van der Waals surface area (Å²) >= 11 is 0. The molecule has 1 aromatic rings.